The first-order valence-electron chi connectivity index (χ1n) is 13.3. The second kappa shape index (κ2) is 9.96. The summed E-state index contributed by atoms with van der Waals surface area (Å²) in [4.78, 5) is 41.1. The average molecular weight is 527 g/mol. The van der Waals surface area contributed by atoms with Gasteiger partial charge in [0.1, 0.15) is 17.7 Å². The lowest BCUT2D eigenvalue weighted by molar-refractivity contribution is -0.750. The number of ether oxygens (including phenoxy) is 1. The molecule has 0 spiro atoms. The number of methoxy groups -OCH3 is 1. The van der Waals surface area contributed by atoms with E-state index in [1.165, 1.54) is 0 Å². The Morgan fingerprint density at radius 1 is 1.21 bits per heavy atom. The number of benzene rings is 1. The number of carbonyl (C=O) groups is 2. The zero-order valence-corrected chi connectivity index (χ0v) is 22.1. The number of nitrogens with two attached hydrogens (primary N) is 1. The van der Waals surface area contributed by atoms with Crippen molar-refractivity contribution in [3.63, 3.8) is 0 Å². The molecule has 0 saturated carbocycles. The van der Waals surface area contributed by atoms with Gasteiger partial charge in [0, 0.05) is 43.8 Å². The van der Waals surface area contributed by atoms with Crippen LogP contribution in [0.1, 0.15) is 60.2 Å². The molecule has 0 radical (unpaired) electrons. The minimum absolute atomic E-state index is 0.0906. The summed E-state index contributed by atoms with van der Waals surface area (Å²) in [6.07, 6.45) is 10.3. The second-order valence-corrected chi connectivity index (χ2v) is 10.5. The van der Waals surface area contributed by atoms with Crippen LogP contribution in [0.2, 0.25) is 0 Å². The highest BCUT2D eigenvalue weighted by Crippen LogP contribution is 2.40. The van der Waals surface area contributed by atoms with Crippen molar-refractivity contribution < 1.29 is 18.9 Å². The van der Waals surface area contributed by atoms with Crippen molar-refractivity contribution in [2.45, 2.75) is 44.8 Å². The van der Waals surface area contributed by atoms with Gasteiger partial charge in [0.15, 0.2) is 0 Å². The maximum Gasteiger partial charge on any atom is 0.264 e. The van der Waals surface area contributed by atoms with Crippen LogP contribution in [0.25, 0.3) is 0 Å². The number of hydrogen-bond donors (Lipinski definition) is 2. The highest BCUT2D eigenvalue weighted by molar-refractivity contribution is 6.05. The number of anilines is 1. The minimum Gasteiger partial charge on any atom is -0.377 e. The molecule has 2 aromatic rings. The van der Waals surface area contributed by atoms with Crippen molar-refractivity contribution in [2.24, 2.45) is 21.7 Å². The Hall–Kier alpha value is -3.99. The Kier molecular flexibility index (Phi) is 6.46. The molecule has 4 aliphatic rings. The number of fused-ring (bicyclic) bond motifs is 2. The number of piperidine rings is 1. The number of carbonyl (C=O) groups excluding carboxylic acids is 2. The van der Waals surface area contributed by atoms with Gasteiger partial charge in [0.25, 0.3) is 11.7 Å². The van der Waals surface area contributed by atoms with Crippen LogP contribution in [0.4, 0.5) is 5.82 Å². The molecule has 10 nitrogen and oxygen atoms in total. The quantitative estimate of drug-likeness (QED) is 0.439. The lowest BCUT2D eigenvalue weighted by Gasteiger charge is -2.35. The summed E-state index contributed by atoms with van der Waals surface area (Å²) in [5.74, 6) is 8.10. The third-order valence-electron chi connectivity index (χ3n) is 8.18. The number of aromatic nitrogens is 1. The average Bonchev–Trinajstić information content (AvgIpc) is 3.49. The van der Waals surface area contributed by atoms with Crippen LogP contribution in [-0.4, -0.2) is 58.0 Å². The standard InChI is InChI=1S/C29H31N7O3/c1-18(39-2)21-11-12-32-25(15-21)33-29(38)20-5-3-19(4-6-20)28-34-27(24-16-31-13-14-36(24,28)30)22-7-8-23-9-10-26(37)35(23)17-22/h3-6,11-16,18,22-23H,7-10,17,30H2,1-2H3/p+1/t18?,22-,23+,36?/m1/s1. The molecule has 10 heteroatoms. The predicted molar refractivity (Wildman–Crippen MR) is 147 cm³/mol. The fraction of sp³-hybridized carbons (Fsp3) is 0.345. The van der Waals surface area contributed by atoms with Gasteiger partial charge in [-0.25, -0.2) is 4.98 Å². The van der Waals surface area contributed by atoms with E-state index in [1.807, 2.05) is 36.2 Å². The van der Waals surface area contributed by atoms with E-state index in [-0.39, 0.29) is 28.4 Å². The summed E-state index contributed by atoms with van der Waals surface area (Å²) in [5, 5.41) is 2.86. The van der Waals surface area contributed by atoms with Gasteiger partial charge in [0.05, 0.1) is 24.1 Å². The Morgan fingerprint density at radius 3 is 2.82 bits per heavy atom. The van der Waals surface area contributed by atoms with E-state index in [0.29, 0.717) is 36.2 Å². The predicted octanol–water partition coefficient (Wildman–Crippen LogP) is 3.66. The Balaban J connectivity index is 1.23. The number of nitrogens with one attached hydrogen (secondary N) is 1. The topological polar surface area (TPSA) is 122 Å². The molecule has 2 fully saturated rings. The van der Waals surface area contributed by atoms with Gasteiger partial charge in [-0.05, 0) is 68.1 Å². The SMILES string of the molecule is COC(C)c1ccnc(NC(=O)c2ccc(C3=NC([C@@H]4CC[C@H]5CCC(=O)N5C4)=C4C=NC=C[N+]34N)cc2)c1. The van der Waals surface area contributed by atoms with Crippen molar-refractivity contribution in [3.05, 3.63) is 83.1 Å². The molecule has 4 atom stereocenters. The number of allylic oxidation sites excluding steroid dienone is 1. The number of amidine groups is 1. The van der Waals surface area contributed by atoms with Crippen LogP contribution in [0, 0.1) is 5.92 Å². The molecule has 0 aliphatic carbocycles. The van der Waals surface area contributed by atoms with E-state index in [2.05, 4.69) is 15.3 Å². The van der Waals surface area contributed by atoms with Gasteiger partial charge in [-0.3, -0.25) is 14.6 Å². The fourth-order valence-corrected chi connectivity index (χ4v) is 5.86. The van der Waals surface area contributed by atoms with E-state index in [9.17, 15) is 9.59 Å². The van der Waals surface area contributed by atoms with Crippen molar-refractivity contribution in [1.82, 2.24) is 9.88 Å². The van der Waals surface area contributed by atoms with E-state index in [0.717, 1.165) is 41.8 Å². The van der Waals surface area contributed by atoms with E-state index in [1.54, 1.807) is 43.9 Å². The zero-order valence-electron chi connectivity index (χ0n) is 22.1. The summed E-state index contributed by atoms with van der Waals surface area (Å²) in [6, 6.07) is 11.2. The van der Waals surface area contributed by atoms with E-state index in [4.69, 9.17) is 15.6 Å². The number of rotatable bonds is 6. The Bertz CT molecular complexity index is 1450. The van der Waals surface area contributed by atoms with Crippen molar-refractivity contribution in [1.29, 1.82) is 0 Å². The molecule has 5 heterocycles. The first kappa shape index (κ1) is 25.3. The van der Waals surface area contributed by atoms with Crippen molar-refractivity contribution in [3.8, 4) is 0 Å². The highest BCUT2D eigenvalue weighted by atomic mass is 16.5. The summed E-state index contributed by atoms with van der Waals surface area (Å²) < 4.78 is 5.27. The highest BCUT2D eigenvalue weighted by Gasteiger charge is 2.47. The van der Waals surface area contributed by atoms with Crippen molar-refractivity contribution >= 4 is 29.7 Å². The number of aliphatic imine (C=N–C) groups is 2. The molecule has 2 unspecified atom stereocenters. The normalized spacial score (nSPS) is 26.4. The molecule has 1 aromatic heterocycles. The number of hydrogen-bond acceptors (Lipinski definition) is 7. The summed E-state index contributed by atoms with van der Waals surface area (Å²) in [5.41, 5.74) is 3.93. The molecule has 2 amide bonds. The van der Waals surface area contributed by atoms with Crippen LogP contribution < -0.4 is 11.2 Å². The Morgan fingerprint density at radius 2 is 2.03 bits per heavy atom. The fourth-order valence-electron chi connectivity index (χ4n) is 5.86. The molecule has 39 heavy (non-hydrogen) atoms. The summed E-state index contributed by atoms with van der Waals surface area (Å²) in [7, 11) is 1.64. The monoisotopic (exact) mass is 526 g/mol. The van der Waals surface area contributed by atoms with Gasteiger partial charge in [0.2, 0.25) is 11.6 Å². The molecule has 3 N–H and O–H groups in total. The smallest absolute Gasteiger partial charge is 0.264 e. The first-order chi connectivity index (χ1) is 18.9. The molecular weight excluding hydrogens is 494 g/mol. The molecular formula is C29H32N7O3+. The summed E-state index contributed by atoms with van der Waals surface area (Å²) >= 11 is 0. The number of amides is 2. The molecule has 4 aliphatic heterocycles. The zero-order chi connectivity index (χ0) is 27.1. The van der Waals surface area contributed by atoms with Crippen LogP contribution in [0.15, 0.2) is 76.4 Å². The number of pyridine rings is 1. The molecule has 6 rings (SSSR count). The second-order valence-electron chi connectivity index (χ2n) is 10.5. The third-order valence-corrected chi connectivity index (χ3v) is 8.18. The van der Waals surface area contributed by atoms with E-state index < -0.39 is 0 Å². The molecule has 1 aromatic carbocycles. The summed E-state index contributed by atoms with van der Waals surface area (Å²) in [6.45, 7) is 2.60. The minimum atomic E-state index is -0.266. The third kappa shape index (κ3) is 4.50. The van der Waals surface area contributed by atoms with Gasteiger partial charge in [-0.2, -0.15) is 10.8 Å². The van der Waals surface area contributed by atoms with Gasteiger partial charge in [-0.1, -0.05) is 0 Å². The van der Waals surface area contributed by atoms with Crippen LogP contribution >= 0.6 is 0 Å². The van der Waals surface area contributed by atoms with Crippen LogP contribution in [0.3, 0.4) is 0 Å². The van der Waals surface area contributed by atoms with Gasteiger partial charge < -0.3 is 15.0 Å². The van der Waals surface area contributed by atoms with Gasteiger partial charge in [-0.15, -0.1) is 4.59 Å². The number of nitrogens with zero attached hydrogens (tertiary/aromatic N) is 5. The molecule has 200 valence electrons. The first-order valence-corrected chi connectivity index (χ1v) is 13.3. The van der Waals surface area contributed by atoms with Crippen LogP contribution in [0.5, 0.6) is 0 Å². The molecule has 2 saturated heterocycles. The van der Waals surface area contributed by atoms with Crippen molar-refractivity contribution in [2.75, 3.05) is 19.0 Å². The van der Waals surface area contributed by atoms with E-state index >= 15 is 0 Å². The largest absolute Gasteiger partial charge is 0.377 e. The number of quaternary nitrogens is 1. The Labute approximate surface area is 227 Å². The lowest BCUT2D eigenvalue weighted by Crippen LogP contribution is -2.53. The maximum absolute atomic E-state index is 13.0. The maximum atomic E-state index is 13.0. The molecule has 0 bridgehead atoms. The van der Waals surface area contributed by atoms with Crippen LogP contribution in [-0.2, 0) is 9.53 Å². The lowest BCUT2D eigenvalue weighted by atomic mass is 9.90. The van der Waals surface area contributed by atoms with Gasteiger partial charge >= 0.3 is 0 Å².